The van der Waals surface area contributed by atoms with Gasteiger partial charge in [0.1, 0.15) is 11.6 Å². The van der Waals surface area contributed by atoms with Crippen LogP contribution in [0.3, 0.4) is 0 Å². The fourth-order valence-electron chi connectivity index (χ4n) is 4.50. The zero-order valence-corrected chi connectivity index (χ0v) is 16.6. The number of fused-ring (bicyclic) bond motifs is 3. The van der Waals surface area contributed by atoms with Crippen molar-refractivity contribution in [3.63, 3.8) is 0 Å². The maximum absolute atomic E-state index is 9.41. The predicted molar refractivity (Wildman–Crippen MR) is 116 cm³/mol. The summed E-state index contributed by atoms with van der Waals surface area (Å²) in [5.74, 6) is 2.22. The average Bonchev–Trinajstić information content (AvgIpc) is 3.54. The largest absolute Gasteiger partial charge is 0.351 e. The summed E-state index contributed by atoms with van der Waals surface area (Å²) < 4.78 is 1.85. The van der Waals surface area contributed by atoms with Crippen molar-refractivity contribution in [2.45, 2.75) is 18.5 Å². The van der Waals surface area contributed by atoms with Gasteiger partial charge in [-0.05, 0) is 30.7 Å². The normalized spacial score (nSPS) is 19.6. The van der Waals surface area contributed by atoms with E-state index in [0.29, 0.717) is 29.3 Å². The molecule has 152 valence electrons. The van der Waals surface area contributed by atoms with Gasteiger partial charge in [0.15, 0.2) is 5.82 Å². The first-order valence-electron chi connectivity index (χ1n) is 10.2. The number of hydrogen-bond acceptors (Lipinski definition) is 8. The van der Waals surface area contributed by atoms with Gasteiger partial charge in [-0.1, -0.05) is 0 Å². The second kappa shape index (κ2) is 7.04. The van der Waals surface area contributed by atoms with Crippen LogP contribution < -0.4 is 15.5 Å². The highest BCUT2D eigenvalue weighted by Crippen LogP contribution is 2.32. The van der Waals surface area contributed by atoms with E-state index in [2.05, 4.69) is 42.6 Å². The van der Waals surface area contributed by atoms with Crippen molar-refractivity contribution < 1.29 is 0 Å². The number of pyridine rings is 1. The van der Waals surface area contributed by atoms with Crippen LogP contribution in [0.5, 0.6) is 0 Å². The minimum atomic E-state index is 0.487. The lowest BCUT2D eigenvalue weighted by Gasteiger charge is -2.28. The van der Waals surface area contributed by atoms with Crippen molar-refractivity contribution in [2.75, 3.05) is 23.3 Å². The first-order valence-corrected chi connectivity index (χ1v) is 10.2. The molecule has 2 fully saturated rings. The molecule has 0 radical (unpaired) electrons. The molecule has 9 nitrogen and oxygen atoms in total. The molecule has 2 aliphatic rings. The summed E-state index contributed by atoms with van der Waals surface area (Å²) >= 11 is 0. The summed E-state index contributed by atoms with van der Waals surface area (Å²) in [5.41, 5.74) is 2.32. The van der Waals surface area contributed by atoms with Gasteiger partial charge in [0.2, 0.25) is 0 Å². The van der Waals surface area contributed by atoms with Gasteiger partial charge in [-0.3, -0.25) is 4.98 Å². The number of nitrogens with one attached hydrogen (secondary N) is 2. The molecule has 0 saturated carbocycles. The zero-order valence-electron chi connectivity index (χ0n) is 16.6. The molecule has 0 amide bonds. The standard InChI is InChI=1S/C22H19N9/c23-10-14-1-2-18-19(7-14)31(29-22(18)28-20-12-24-5-6-25-20)16-3-4-26-21(9-16)30-13-15-8-17(30)11-27-15/h1-7,9,12,15,17,27H,8,11,13H2,(H,25,28,29)/t15-,17-/m0/s1. The third kappa shape index (κ3) is 3.05. The van der Waals surface area contributed by atoms with Crippen molar-refractivity contribution in [1.82, 2.24) is 30.0 Å². The molecule has 2 aliphatic heterocycles. The number of benzene rings is 1. The van der Waals surface area contributed by atoms with E-state index in [-0.39, 0.29) is 0 Å². The molecule has 2 N–H and O–H groups in total. The van der Waals surface area contributed by atoms with Crippen LogP contribution >= 0.6 is 0 Å². The molecule has 2 atom stereocenters. The van der Waals surface area contributed by atoms with Gasteiger partial charge in [-0.25, -0.2) is 14.6 Å². The number of anilines is 3. The Bertz CT molecular complexity index is 1310. The number of nitrogens with zero attached hydrogens (tertiary/aromatic N) is 7. The predicted octanol–water partition coefficient (Wildman–Crippen LogP) is 2.38. The van der Waals surface area contributed by atoms with Crippen molar-refractivity contribution in [3.8, 4) is 11.8 Å². The summed E-state index contributed by atoms with van der Waals surface area (Å²) in [6, 6.07) is 12.8. The van der Waals surface area contributed by atoms with E-state index < -0.39 is 0 Å². The number of piperazine rings is 1. The molecule has 1 aromatic carbocycles. The Morgan fingerprint density at radius 2 is 2.10 bits per heavy atom. The van der Waals surface area contributed by atoms with E-state index in [0.717, 1.165) is 41.9 Å². The highest BCUT2D eigenvalue weighted by molar-refractivity contribution is 5.93. The maximum atomic E-state index is 9.41. The van der Waals surface area contributed by atoms with Gasteiger partial charge in [-0.2, -0.15) is 5.26 Å². The molecule has 3 aromatic heterocycles. The van der Waals surface area contributed by atoms with E-state index in [1.165, 1.54) is 0 Å². The highest BCUT2D eigenvalue weighted by Gasteiger charge is 2.38. The molecule has 5 heterocycles. The minimum absolute atomic E-state index is 0.487. The Morgan fingerprint density at radius 1 is 1.13 bits per heavy atom. The second-order valence-corrected chi connectivity index (χ2v) is 7.84. The Morgan fingerprint density at radius 3 is 2.87 bits per heavy atom. The topological polar surface area (TPSA) is 108 Å². The fourth-order valence-corrected chi connectivity index (χ4v) is 4.50. The van der Waals surface area contributed by atoms with E-state index in [9.17, 15) is 5.26 Å². The van der Waals surface area contributed by atoms with Gasteiger partial charge in [0.05, 0.1) is 29.0 Å². The quantitative estimate of drug-likeness (QED) is 0.529. The number of nitriles is 1. The molecule has 31 heavy (non-hydrogen) atoms. The molecule has 4 aromatic rings. The van der Waals surface area contributed by atoms with Crippen LogP contribution in [-0.4, -0.2) is 49.9 Å². The summed E-state index contributed by atoms with van der Waals surface area (Å²) in [4.78, 5) is 15.4. The third-order valence-corrected chi connectivity index (χ3v) is 5.94. The first-order chi connectivity index (χ1) is 15.3. The molecule has 0 aliphatic carbocycles. The van der Waals surface area contributed by atoms with Crippen molar-refractivity contribution in [2.24, 2.45) is 0 Å². The number of hydrogen-bond donors (Lipinski definition) is 2. The average molecular weight is 409 g/mol. The number of rotatable bonds is 4. The fraction of sp³-hybridized carbons (Fsp3) is 0.227. The summed E-state index contributed by atoms with van der Waals surface area (Å²) in [6.45, 7) is 1.97. The molecule has 0 unspecified atom stereocenters. The van der Waals surface area contributed by atoms with Gasteiger partial charge in [-0.15, -0.1) is 5.10 Å². The molecule has 0 spiro atoms. The van der Waals surface area contributed by atoms with Crippen LogP contribution in [0.2, 0.25) is 0 Å². The number of aromatic nitrogens is 5. The monoisotopic (exact) mass is 409 g/mol. The van der Waals surface area contributed by atoms with Crippen LogP contribution in [0.1, 0.15) is 12.0 Å². The lowest BCUT2D eigenvalue weighted by Crippen LogP contribution is -2.44. The van der Waals surface area contributed by atoms with Crippen LogP contribution in [-0.2, 0) is 0 Å². The van der Waals surface area contributed by atoms with Gasteiger partial charge < -0.3 is 15.5 Å². The lowest BCUT2D eigenvalue weighted by atomic mass is 10.1. The first kappa shape index (κ1) is 17.8. The third-order valence-electron chi connectivity index (χ3n) is 5.94. The maximum Gasteiger partial charge on any atom is 0.162 e. The van der Waals surface area contributed by atoms with Crippen molar-refractivity contribution in [3.05, 3.63) is 60.7 Å². The van der Waals surface area contributed by atoms with Crippen LogP contribution in [0.4, 0.5) is 17.5 Å². The van der Waals surface area contributed by atoms with Gasteiger partial charge in [0.25, 0.3) is 0 Å². The van der Waals surface area contributed by atoms with Crippen LogP contribution in [0.25, 0.3) is 16.6 Å². The Kier molecular flexibility index (Phi) is 4.04. The Hall–Kier alpha value is -4.03. The van der Waals surface area contributed by atoms with E-state index in [1.54, 1.807) is 24.7 Å². The van der Waals surface area contributed by atoms with Crippen LogP contribution in [0.15, 0.2) is 55.1 Å². The van der Waals surface area contributed by atoms with Gasteiger partial charge in [0, 0.05) is 55.2 Å². The summed E-state index contributed by atoms with van der Waals surface area (Å²) in [5, 5.41) is 21.9. The van der Waals surface area contributed by atoms with Crippen molar-refractivity contribution in [1.29, 1.82) is 5.26 Å². The highest BCUT2D eigenvalue weighted by atomic mass is 15.3. The molecule has 9 heteroatoms. The summed E-state index contributed by atoms with van der Waals surface area (Å²) in [6.07, 6.45) is 7.88. The zero-order chi connectivity index (χ0) is 20.8. The van der Waals surface area contributed by atoms with Crippen molar-refractivity contribution >= 4 is 28.4 Å². The Balaban J connectivity index is 1.45. The van der Waals surface area contributed by atoms with Gasteiger partial charge >= 0.3 is 0 Å². The Labute approximate surface area is 178 Å². The molecule has 2 bridgehead atoms. The van der Waals surface area contributed by atoms with E-state index in [4.69, 9.17) is 5.10 Å². The van der Waals surface area contributed by atoms with E-state index in [1.807, 2.05) is 29.1 Å². The van der Waals surface area contributed by atoms with E-state index >= 15 is 0 Å². The lowest BCUT2D eigenvalue weighted by molar-refractivity contribution is 0.576. The smallest absolute Gasteiger partial charge is 0.162 e. The molecule has 6 rings (SSSR count). The minimum Gasteiger partial charge on any atom is -0.351 e. The molecule has 2 saturated heterocycles. The summed E-state index contributed by atoms with van der Waals surface area (Å²) in [7, 11) is 0. The second-order valence-electron chi connectivity index (χ2n) is 7.84. The molecular weight excluding hydrogens is 390 g/mol. The van der Waals surface area contributed by atoms with Crippen LogP contribution in [0, 0.1) is 11.3 Å². The SMILES string of the molecule is N#Cc1ccc2c(Nc3cnccn3)nn(-c3ccnc(N4C[C@@H]5C[C@H]4CN5)c3)c2c1. The molecular formula is C22H19N9.